The van der Waals surface area contributed by atoms with Crippen LogP contribution in [0.5, 0.6) is 0 Å². The van der Waals surface area contributed by atoms with Crippen molar-refractivity contribution in [1.82, 2.24) is 5.32 Å². The summed E-state index contributed by atoms with van der Waals surface area (Å²) in [5, 5.41) is 72.4. The predicted octanol–water partition coefficient (Wildman–Crippen LogP) is -4.67. The zero-order valence-corrected chi connectivity index (χ0v) is 16.3. The molecule has 0 bridgehead atoms. The molecule has 3 saturated heterocycles. The Hall–Kier alpha value is -0.550. The van der Waals surface area contributed by atoms with Crippen molar-refractivity contribution in [3.8, 4) is 0 Å². The second-order valence-electron chi connectivity index (χ2n) is 7.80. The minimum absolute atomic E-state index is 0.0697. The van der Waals surface area contributed by atoms with Gasteiger partial charge in [0.25, 0.3) is 0 Å². The highest BCUT2D eigenvalue weighted by atomic mass is 19.1. The molecule has 13 heteroatoms. The summed E-state index contributed by atoms with van der Waals surface area (Å²) >= 11 is 0. The first-order valence-electron chi connectivity index (χ1n) is 9.80. The molecule has 3 heterocycles. The van der Waals surface area contributed by atoms with Gasteiger partial charge in [-0.2, -0.15) is 0 Å². The van der Waals surface area contributed by atoms with E-state index in [1.165, 1.54) is 6.92 Å². The van der Waals surface area contributed by atoms with Crippen LogP contribution >= 0.6 is 0 Å². The Bertz CT molecular complexity index is 560. The number of alkyl halides is 1. The van der Waals surface area contributed by atoms with Gasteiger partial charge in [-0.15, -0.1) is 0 Å². The quantitative estimate of drug-likeness (QED) is 0.196. The average molecular weight is 443 g/mol. The Labute approximate surface area is 171 Å². The van der Waals surface area contributed by atoms with E-state index in [0.29, 0.717) is 0 Å². The van der Waals surface area contributed by atoms with Gasteiger partial charge in [0.2, 0.25) is 0 Å². The lowest BCUT2D eigenvalue weighted by molar-refractivity contribution is -0.361. The summed E-state index contributed by atoms with van der Waals surface area (Å²) < 4.78 is 35.7. The van der Waals surface area contributed by atoms with Gasteiger partial charge in [-0.25, -0.2) is 4.39 Å². The summed E-state index contributed by atoms with van der Waals surface area (Å²) in [5.41, 5.74) is 0. The molecule has 0 aromatic heterocycles. The smallest absolute Gasteiger partial charge is 0.187 e. The normalized spacial score (nSPS) is 52.5. The minimum Gasteiger partial charge on any atom is -0.395 e. The number of rotatable bonds is 6. The molecule has 0 amide bonds. The molecular formula is C17H30FNO11. The molecule has 0 spiro atoms. The van der Waals surface area contributed by atoms with Gasteiger partial charge in [-0.1, -0.05) is 0 Å². The molecule has 176 valence electrons. The van der Waals surface area contributed by atoms with Crippen molar-refractivity contribution in [2.45, 2.75) is 86.7 Å². The summed E-state index contributed by atoms with van der Waals surface area (Å²) in [6, 6.07) is -0.741. The standard InChI is InChI=1S/C17H30FNO11/c1-5-9(22)10(23)12(25)16(27-5)30-15-8(4-21)28-17(13(26)11(15)24)29-14-6(18)2-19-7(14)3-20/h5-17,19-26H,2-4H2,1H3/t5-,6-,7-,8-,9-,10+,11-,12-,13-,14+,15-,16-,17-/m1/s1. The molecule has 3 aliphatic rings. The highest BCUT2D eigenvalue weighted by Crippen LogP contribution is 2.31. The number of aliphatic hydroxyl groups is 7. The van der Waals surface area contributed by atoms with Crippen LogP contribution in [0.1, 0.15) is 6.92 Å². The molecule has 3 fully saturated rings. The molecule has 3 rings (SSSR count). The van der Waals surface area contributed by atoms with Crippen LogP contribution in [-0.2, 0) is 18.9 Å². The number of ether oxygens (including phenoxy) is 4. The fraction of sp³-hybridized carbons (Fsp3) is 1.00. The molecule has 0 saturated carbocycles. The van der Waals surface area contributed by atoms with Crippen LogP contribution < -0.4 is 5.32 Å². The fourth-order valence-electron chi connectivity index (χ4n) is 3.87. The second kappa shape index (κ2) is 9.94. The van der Waals surface area contributed by atoms with Crippen LogP contribution in [0.4, 0.5) is 4.39 Å². The van der Waals surface area contributed by atoms with Crippen LogP contribution in [0, 0.1) is 0 Å². The Balaban J connectivity index is 1.68. The van der Waals surface area contributed by atoms with Crippen molar-refractivity contribution < 1.29 is 59.1 Å². The van der Waals surface area contributed by atoms with E-state index >= 15 is 0 Å². The number of hydrogen-bond donors (Lipinski definition) is 8. The van der Waals surface area contributed by atoms with E-state index in [4.69, 9.17) is 18.9 Å². The van der Waals surface area contributed by atoms with E-state index in [1.54, 1.807) is 0 Å². The Kier molecular flexibility index (Phi) is 7.98. The summed E-state index contributed by atoms with van der Waals surface area (Å²) in [4.78, 5) is 0. The third-order valence-electron chi connectivity index (χ3n) is 5.74. The molecule has 30 heavy (non-hydrogen) atoms. The van der Waals surface area contributed by atoms with Gasteiger partial charge in [0.1, 0.15) is 55.0 Å². The molecule has 0 aromatic carbocycles. The lowest BCUT2D eigenvalue weighted by Crippen LogP contribution is -2.64. The van der Waals surface area contributed by atoms with Crippen molar-refractivity contribution in [2.75, 3.05) is 19.8 Å². The van der Waals surface area contributed by atoms with E-state index in [2.05, 4.69) is 5.32 Å². The maximum absolute atomic E-state index is 14.1. The highest BCUT2D eigenvalue weighted by Gasteiger charge is 2.51. The zero-order valence-electron chi connectivity index (χ0n) is 16.3. The first-order valence-corrected chi connectivity index (χ1v) is 9.80. The molecule has 12 nitrogen and oxygen atoms in total. The first-order chi connectivity index (χ1) is 14.2. The molecular weight excluding hydrogens is 413 g/mol. The summed E-state index contributed by atoms with van der Waals surface area (Å²) in [7, 11) is 0. The Morgan fingerprint density at radius 3 is 2.07 bits per heavy atom. The number of aliphatic hydroxyl groups excluding tert-OH is 7. The molecule has 8 N–H and O–H groups in total. The number of halogens is 1. The van der Waals surface area contributed by atoms with E-state index in [9.17, 15) is 40.1 Å². The monoisotopic (exact) mass is 443 g/mol. The van der Waals surface area contributed by atoms with Crippen molar-refractivity contribution in [2.24, 2.45) is 0 Å². The minimum atomic E-state index is -1.72. The maximum atomic E-state index is 14.1. The van der Waals surface area contributed by atoms with Crippen molar-refractivity contribution in [1.29, 1.82) is 0 Å². The summed E-state index contributed by atoms with van der Waals surface area (Å²) in [6.07, 6.45) is -17.3. The van der Waals surface area contributed by atoms with Crippen LogP contribution in [0.15, 0.2) is 0 Å². The molecule has 13 atom stereocenters. The Morgan fingerprint density at radius 1 is 0.833 bits per heavy atom. The fourth-order valence-corrected chi connectivity index (χ4v) is 3.87. The highest BCUT2D eigenvalue weighted by molar-refractivity contribution is 4.96. The summed E-state index contributed by atoms with van der Waals surface area (Å²) in [5.74, 6) is 0. The SMILES string of the molecule is C[C@H]1O[C@H](O[C@H]2[C@H](O)[C@@H](O)[C@@H](O[C@H]3[C@H](F)CN[C@@H]3CO)O[C@@H]2CO)[C@H](O)[C@@H](O)[C@@H]1O. The van der Waals surface area contributed by atoms with Crippen molar-refractivity contribution >= 4 is 0 Å². The van der Waals surface area contributed by atoms with Gasteiger partial charge in [0.05, 0.1) is 25.4 Å². The molecule has 0 aromatic rings. The largest absolute Gasteiger partial charge is 0.395 e. The Morgan fingerprint density at radius 2 is 1.43 bits per heavy atom. The van der Waals surface area contributed by atoms with Gasteiger partial charge >= 0.3 is 0 Å². The van der Waals surface area contributed by atoms with E-state index in [-0.39, 0.29) is 6.54 Å². The number of nitrogens with one attached hydrogen (secondary N) is 1. The summed E-state index contributed by atoms with van der Waals surface area (Å²) in [6.45, 7) is 0.255. The van der Waals surface area contributed by atoms with Crippen LogP contribution in [0.25, 0.3) is 0 Å². The van der Waals surface area contributed by atoms with Crippen molar-refractivity contribution in [3.05, 3.63) is 0 Å². The molecule has 0 radical (unpaired) electrons. The third kappa shape index (κ3) is 4.62. The van der Waals surface area contributed by atoms with Gasteiger partial charge in [-0.05, 0) is 6.92 Å². The lowest BCUT2D eigenvalue weighted by atomic mass is 9.97. The van der Waals surface area contributed by atoms with Crippen LogP contribution in [-0.4, -0.2) is 135 Å². The van der Waals surface area contributed by atoms with Gasteiger partial charge in [-0.3, -0.25) is 0 Å². The molecule has 0 unspecified atom stereocenters. The topological polar surface area (TPSA) is 191 Å². The maximum Gasteiger partial charge on any atom is 0.187 e. The predicted molar refractivity (Wildman–Crippen MR) is 93.6 cm³/mol. The van der Waals surface area contributed by atoms with Crippen LogP contribution in [0.3, 0.4) is 0 Å². The van der Waals surface area contributed by atoms with E-state index in [0.717, 1.165) is 0 Å². The first kappa shape index (κ1) is 24.1. The zero-order chi connectivity index (χ0) is 22.2. The lowest BCUT2D eigenvalue weighted by Gasteiger charge is -2.46. The second-order valence-corrected chi connectivity index (χ2v) is 7.80. The van der Waals surface area contributed by atoms with E-state index in [1.807, 2.05) is 0 Å². The average Bonchev–Trinajstić information content (AvgIpc) is 3.09. The molecule has 3 aliphatic heterocycles. The van der Waals surface area contributed by atoms with Gasteiger partial charge in [0, 0.05) is 6.54 Å². The third-order valence-corrected chi connectivity index (χ3v) is 5.74. The molecule has 0 aliphatic carbocycles. The van der Waals surface area contributed by atoms with Crippen molar-refractivity contribution in [3.63, 3.8) is 0 Å². The van der Waals surface area contributed by atoms with Gasteiger partial charge < -0.3 is 60.0 Å². The van der Waals surface area contributed by atoms with Gasteiger partial charge in [0.15, 0.2) is 12.6 Å². The number of hydrogen-bond acceptors (Lipinski definition) is 12. The van der Waals surface area contributed by atoms with Crippen LogP contribution in [0.2, 0.25) is 0 Å². The van der Waals surface area contributed by atoms with E-state index < -0.39 is 92.9 Å².